The molecule has 1 nitrogen and oxygen atoms in total. The monoisotopic (exact) mass is 357 g/mol. The second-order valence-corrected chi connectivity index (χ2v) is 6.92. The predicted octanol–water partition coefficient (Wildman–Crippen LogP) is 5.40. The summed E-state index contributed by atoms with van der Waals surface area (Å²) in [5.41, 5.74) is 4.93. The Bertz CT molecular complexity index is 606. The zero-order valence-corrected chi connectivity index (χ0v) is 14.6. The minimum Gasteiger partial charge on any atom is -0.309 e. The third-order valence-corrected chi connectivity index (χ3v) is 5.97. The summed E-state index contributed by atoms with van der Waals surface area (Å²) in [6, 6.07) is 4.55. The minimum absolute atomic E-state index is 0.151. The first-order valence-corrected chi connectivity index (χ1v) is 8.18. The smallest absolute Gasteiger partial charge is 0.0686 e. The molecule has 1 N–H and O–H groups in total. The van der Waals surface area contributed by atoms with E-state index >= 15 is 0 Å². The van der Waals surface area contributed by atoms with Crippen molar-refractivity contribution in [3.05, 3.63) is 54.1 Å². The fourth-order valence-corrected chi connectivity index (χ4v) is 4.07. The van der Waals surface area contributed by atoms with Gasteiger partial charge in [-0.2, -0.15) is 0 Å². The van der Waals surface area contributed by atoms with Gasteiger partial charge in [0.1, 0.15) is 0 Å². The van der Waals surface area contributed by atoms with E-state index in [2.05, 4.69) is 59.5 Å². The molecular weight excluding hydrogens is 342 g/mol. The van der Waals surface area contributed by atoms with Gasteiger partial charge in [0.2, 0.25) is 0 Å². The highest BCUT2D eigenvalue weighted by Gasteiger charge is 2.20. The van der Waals surface area contributed by atoms with Crippen LogP contribution in [-0.2, 0) is 0 Å². The second kappa shape index (κ2) is 5.96. The Kier molecular flexibility index (Phi) is 4.72. The first-order chi connectivity index (χ1) is 8.95. The Balaban J connectivity index is 2.54. The van der Waals surface area contributed by atoms with Gasteiger partial charge in [-0.05, 0) is 61.5 Å². The van der Waals surface area contributed by atoms with Crippen molar-refractivity contribution in [2.24, 2.45) is 0 Å². The summed E-state index contributed by atoms with van der Waals surface area (Å²) in [5.74, 6) is 0. The number of nitrogens with one attached hydrogen (secondary N) is 1. The molecule has 0 radical (unpaired) electrons. The fourth-order valence-electron chi connectivity index (χ4n) is 2.19. The van der Waals surface area contributed by atoms with E-state index < -0.39 is 0 Å². The van der Waals surface area contributed by atoms with E-state index in [9.17, 15) is 0 Å². The Morgan fingerprint density at radius 1 is 1.16 bits per heavy atom. The minimum atomic E-state index is 0.151. The van der Waals surface area contributed by atoms with Crippen LogP contribution in [0, 0.1) is 20.8 Å². The Morgan fingerprint density at radius 3 is 2.37 bits per heavy atom. The van der Waals surface area contributed by atoms with Crippen molar-refractivity contribution >= 4 is 38.9 Å². The molecule has 0 amide bonds. The van der Waals surface area contributed by atoms with Gasteiger partial charge in [-0.1, -0.05) is 33.6 Å². The lowest BCUT2D eigenvalue weighted by Gasteiger charge is -2.19. The molecule has 1 atom stereocenters. The Morgan fingerprint density at radius 2 is 1.84 bits per heavy atom. The van der Waals surface area contributed by atoms with Gasteiger partial charge in [-0.25, -0.2) is 0 Å². The predicted molar refractivity (Wildman–Crippen MR) is 88.6 cm³/mol. The molecule has 0 saturated carbocycles. The average molecular weight is 359 g/mol. The molecule has 1 aromatic carbocycles. The second-order valence-electron chi connectivity index (χ2n) is 4.78. The molecule has 2 aromatic rings. The van der Waals surface area contributed by atoms with Crippen LogP contribution in [0.5, 0.6) is 0 Å². The molecule has 102 valence electrons. The van der Waals surface area contributed by atoms with Gasteiger partial charge in [0.25, 0.3) is 0 Å². The number of rotatable bonds is 3. The third kappa shape index (κ3) is 2.89. The van der Waals surface area contributed by atoms with Crippen molar-refractivity contribution in [2.45, 2.75) is 26.8 Å². The molecule has 4 heteroatoms. The molecule has 0 fully saturated rings. The maximum absolute atomic E-state index is 6.42. The standard InChI is InChI=1S/C15H17BrClNS/c1-8-6-12(16)9(2)5-11(8)14(18-4)15-13(17)10(3)7-19-15/h5-7,14,18H,1-4H3. The van der Waals surface area contributed by atoms with Crippen LogP contribution in [0.3, 0.4) is 0 Å². The highest BCUT2D eigenvalue weighted by atomic mass is 79.9. The largest absolute Gasteiger partial charge is 0.309 e. The molecule has 0 aliphatic rings. The van der Waals surface area contributed by atoms with Crippen molar-refractivity contribution in [2.75, 3.05) is 7.05 Å². The lowest BCUT2D eigenvalue weighted by atomic mass is 9.97. The molecule has 2 rings (SSSR count). The van der Waals surface area contributed by atoms with E-state index in [1.165, 1.54) is 21.6 Å². The Labute approximate surface area is 132 Å². The van der Waals surface area contributed by atoms with Crippen molar-refractivity contribution in [1.29, 1.82) is 0 Å². The third-order valence-electron chi connectivity index (χ3n) is 3.33. The van der Waals surface area contributed by atoms with Crippen LogP contribution in [0.25, 0.3) is 0 Å². The summed E-state index contributed by atoms with van der Waals surface area (Å²) in [5, 5.41) is 6.38. The number of thiophene rings is 1. The molecule has 0 saturated heterocycles. The van der Waals surface area contributed by atoms with E-state index in [1.54, 1.807) is 11.3 Å². The molecule has 0 spiro atoms. The lowest BCUT2D eigenvalue weighted by Crippen LogP contribution is -2.18. The number of benzene rings is 1. The van der Waals surface area contributed by atoms with E-state index in [4.69, 9.17) is 11.6 Å². The summed E-state index contributed by atoms with van der Waals surface area (Å²) >= 11 is 11.7. The van der Waals surface area contributed by atoms with Crippen LogP contribution >= 0.6 is 38.9 Å². The van der Waals surface area contributed by atoms with Gasteiger partial charge in [0, 0.05) is 9.35 Å². The number of aryl methyl sites for hydroxylation is 3. The van der Waals surface area contributed by atoms with E-state index in [-0.39, 0.29) is 6.04 Å². The summed E-state index contributed by atoms with van der Waals surface area (Å²) in [6.07, 6.45) is 0. The average Bonchev–Trinajstić information content (AvgIpc) is 2.68. The topological polar surface area (TPSA) is 12.0 Å². The first-order valence-electron chi connectivity index (χ1n) is 6.13. The normalized spacial score (nSPS) is 12.7. The Hall–Kier alpha value is -0.350. The SMILES string of the molecule is CNC(c1cc(C)c(Br)cc1C)c1scc(C)c1Cl. The van der Waals surface area contributed by atoms with E-state index in [0.717, 1.165) is 15.1 Å². The zero-order valence-electron chi connectivity index (χ0n) is 11.5. The van der Waals surface area contributed by atoms with Crippen molar-refractivity contribution in [3.63, 3.8) is 0 Å². The van der Waals surface area contributed by atoms with Crippen LogP contribution < -0.4 is 5.32 Å². The molecule has 0 aliphatic carbocycles. The molecule has 0 bridgehead atoms. The lowest BCUT2D eigenvalue weighted by molar-refractivity contribution is 0.698. The summed E-state index contributed by atoms with van der Waals surface area (Å²) in [7, 11) is 1.98. The fraction of sp³-hybridized carbons (Fsp3) is 0.333. The van der Waals surface area contributed by atoms with Crippen molar-refractivity contribution in [3.8, 4) is 0 Å². The molecule has 19 heavy (non-hydrogen) atoms. The van der Waals surface area contributed by atoms with Crippen LogP contribution in [0.4, 0.5) is 0 Å². The van der Waals surface area contributed by atoms with Gasteiger partial charge in [-0.3, -0.25) is 0 Å². The number of hydrogen-bond donors (Lipinski definition) is 1. The van der Waals surface area contributed by atoms with Crippen LogP contribution in [0.2, 0.25) is 5.02 Å². The highest BCUT2D eigenvalue weighted by molar-refractivity contribution is 9.10. The molecular formula is C15H17BrClNS. The maximum Gasteiger partial charge on any atom is 0.0686 e. The first kappa shape index (κ1) is 15.0. The highest BCUT2D eigenvalue weighted by Crippen LogP contribution is 2.37. The van der Waals surface area contributed by atoms with Crippen LogP contribution in [0.15, 0.2) is 22.0 Å². The van der Waals surface area contributed by atoms with Gasteiger partial charge in [-0.15, -0.1) is 11.3 Å². The summed E-state index contributed by atoms with van der Waals surface area (Å²) in [4.78, 5) is 1.19. The van der Waals surface area contributed by atoms with E-state index in [1.807, 2.05) is 7.05 Å². The van der Waals surface area contributed by atoms with Gasteiger partial charge in [0.15, 0.2) is 0 Å². The summed E-state index contributed by atoms with van der Waals surface area (Å²) in [6.45, 7) is 6.30. The van der Waals surface area contributed by atoms with Crippen LogP contribution in [-0.4, -0.2) is 7.05 Å². The quantitative estimate of drug-likeness (QED) is 0.774. The number of halogens is 2. The molecule has 1 heterocycles. The summed E-state index contributed by atoms with van der Waals surface area (Å²) < 4.78 is 1.15. The number of hydrogen-bond acceptors (Lipinski definition) is 2. The molecule has 1 unspecified atom stereocenters. The van der Waals surface area contributed by atoms with Gasteiger partial charge in [0.05, 0.1) is 11.1 Å². The molecule has 1 aromatic heterocycles. The van der Waals surface area contributed by atoms with E-state index in [0.29, 0.717) is 0 Å². The molecule has 0 aliphatic heterocycles. The van der Waals surface area contributed by atoms with Gasteiger partial charge < -0.3 is 5.32 Å². The van der Waals surface area contributed by atoms with Crippen LogP contribution in [0.1, 0.15) is 33.2 Å². The maximum atomic E-state index is 6.42. The zero-order chi connectivity index (χ0) is 14.2. The van der Waals surface area contributed by atoms with Crippen molar-refractivity contribution < 1.29 is 0 Å². The van der Waals surface area contributed by atoms with Gasteiger partial charge >= 0.3 is 0 Å². The van der Waals surface area contributed by atoms with Crippen molar-refractivity contribution in [1.82, 2.24) is 5.32 Å².